The van der Waals surface area contributed by atoms with Crippen molar-refractivity contribution in [2.45, 2.75) is 0 Å². The SMILES string of the molecule is NC(=O)COc1cccc(Cl)c1/C=C/C(=O)O. The van der Waals surface area contributed by atoms with Crippen molar-refractivity contribution in [2.24, 2.45) is 5.73 Å². The summed E-state index contributed by atoms with van der Waals surface area (Å²) in [6, 6.07) is 4.77. The molecule has 0 unspecified atom stereocenters. The Morgan fingerprint density at radius 2 is 2.18 bits per heavy atom. The van der Waals surface area contributed by atoms with Crippen LogP contribution in [0.5, 0.6) is 5.75 Å². The summed E-state index contributed by atoms with van der Waals surface area (Å²) in [4.78, 5) is 21.0. The summed E-state index contributed by atoms with van der Waals surface area (Å²) in [5, 5.41) is 8.85. The molecule has 0 aromatic heterocycles. The molecule has 1 rings (SSSR count). The molecule has 0 radical (unpaired) electrons. The highest BCUT2D eigenvalue weighted by Gasteiger charge is 2.07. The lowest BCUT2D eigenvalue weighted by Gasteiger charge is -2.08. The normalized spacial score (nSPS) is 10.4. The molecular formula is C11H10ClNO4. The molecule has 0 saturated carbocycles. The average Bonchev–Trinajstić information content (AvgIpc) is 2.24. The van der Waals surface area contributed by atoms with Gasteiger partial charge in [-0.3, -0.25) is 4.79 Å². The second kappa shape index (κ2) is 5.91. The zero-order valence-corrected chi connectivity index (χ0v) is 9.48. The largest absolute Gasteiger partial charge is 0.483 e. The van der Waals surface area contributed by atoms with Gasteiger partial charge in [-0.05, 0) is 18.2 Å². The van der Waals surface area contributed by atoms with Gasteiger partial charge in [0.25, 0.3) is 5.91 Å². The number of hydrogen-bond acceptors (Lipinski definition) is 3. The summed E-state index contributed by atoms with van der Waals surface area (Å²) in [6.07, 6.45) is 2.22. The Labute approximate surface area is 102 Å². The average molecular weight is 256 g/mol. The van der Waals surface area contributed by atoms with Gasteiger partial charge in [0.15, 0.2) is 6.61 Å². The number of benzene rings is 1. The minimum Gasteiger partial charge on any atom is -0.483 e. The highest BCUT2D eigenvalue weighted by molar-refractivity contribution is 6.32. The number of carboxylic acids is 1. The predicted octanol–water partition coefficient (Wildman–Crippen LogP) is 1.30. The van der Waals surface area contributed by atoms with Crippen molar-refractivity contribution in [3.05, 3.63) is 34.9 Å². The molecule has 0 aliphatic carbocycles. The van der Waals surface area contributed by atoms with Crippen LogP contribution in [0.4, 0.5) is 0 Å². The number of ether oxygens (including phenoxy) is 1. The Kier molecular flexibility index (Phi) is 4.54. The molecule has 3 N–H and O–H groups in total. The first-order valence-corrected chi connectivity index (χ1v) is 4.99. The van der Waals surface area contributed by atoms with Gasteiger partial charge in [0, 0.05) is 11.6 Å². The van der Waals surface area contributed by atoms with E-state index in [9.17, 15) is 9.59 Å². The smallest absolute Gasteiger partial charge is 0.328 e. The molecule has 1 aromatic carbocycles. The maximum Gasteiger partial charge on any atom is 0.328 e. The van der Waals surface area contributed by atoms with Crippen molar-refractivity contribution in [3.63, 3.8) is 0 Å². The van der Waals surface area contributed by atoms with Gasteiger partial charge in [-0.2, -0.15) is 0 Å². The van der Waals surface area contributed by atoms with E-state index in [-0.39, 0.29) is 6.61 Å². The summed E-state index contributed by atoms with van der Waals surface area (Å²) in [5.74, 6) is -1.43. The van der Waals surface area contributed by atoms with Crippen molar-refractivity contribution in [1.29, 1.82) is 0 Å². The number of amides is 1. The summed E-state index contributed by atoms with van der Waals surface area (Å²) in [6.45, 7) is -0.297. The van der Waals surface area contributed by atoms with Gasteiger partial charge < -0.3 is 15.6 Å². The van der Waals surface area contributed by atoms with Crippen molar-refractivity contribution < 1.29 is 19.4 Å². The Hall–Kier alpha value is -2.01. The minimum atomic E-state index is -1.11. The van der Waals surface area contributed by atoms with E-state index in [0.717, 1.165) is 6.08 Å². The second-order valence-electron chi connectivity index (χ2n) is 3.08. The second-order valence-corrected chi connectivity index (χ2v) is 3.49. The van der Waals surface area contributed by atoms with E-state index in [4.69, 9.17) is 27.2 Å². The Bertz CT molecular complexity index is 471. The maximum absolute atomic E-state index is 10.6. The van der Waals surface area contributed by atoms with Crippen molar-refractivity contribution in [3.8, 4) is 5.75 Å². The fourth-order valence-corrected chi connectivity index (χ4v) is 1.34. The first-order valence-electron chi connectivity index (χ1n) is 4.61. The molecule has 0 fully saturated rings. The molecule has 0 bridgehead atoms. The third kappa shape index (κ3) is 4.16. The van der Waals surface area contributed by atoms with Crippen LogP contribution in [0.1, 0.15) is 5.56 Å². The van der Waals surface area contributed by atoms with Gasteiger partial charge in [-0.15, -0.1) is 0 Å². The third-order valence-electron chi connectivity index (χ3n) is 1.78. The monoisotopic (exact) mass is 255 g/mol. The molecule has 0 spiro atoms. The molecule has 17 heavy (non-hydrogen) atoms. The number of aliphatic carboxylic acids is 1. The maximum atomic E-state index is 10.6. The molecule has 0 aliphatic rings. The van der Waals surface area contributed by atoms with Crippen LogP contribution in [-0.2, 0) is 9.59 Å². The molecular weight excluding hydrogens is 246 g/mol. The van der Waals surface area contributed by atoms with Gasteiger partial charge in [0.1, 0.15) is 5.75 Å². The predicted molar refractivity (Wildman–Crippen MR) is 62.8 cm³/mol. The lowest BCUT2D eigenvalue weighted by atomic mass is 10.2. The van der Waals surface area contributed by atoms with E-state index < -0.39 is 11.9 Å². The number of primary amides is 1. The van der Waals surface area contributed by atoms with E-state index in [1.54, 1.807) is 18.2 Å². The molecule has 90 valence electrons. The summed E-state index contributed by atoms with van der Waals surface area (Å²) in [5.41, 5.74) is 5.33. The number of hydrogen-bond donors (Lipinski definition) is 2. The molecule has 0 saturated heterocycles. The third-order valence-corrected chi connectivity index (χ3v) is 2.11. The number of carbonyl (C=O) groups excluding carboxylic acids is 1. The fourth-order valence-electron chi connectivity index (χ4n) is 1.11. The van der Waals surface area contributed by atoms with Crippen LogP contribution in [-0.4, -0.2) is 23.6 Å². The van der Waals surface area contributed by atoms with Crippen LogP contribution in [0.2, 0.25) is 5.02 Å². The summed E-state index contributed by atoms with van der Waals surface area (Å²) < 4.78 is 5.11. The van der Waals surface area contributed by atoms with Gasteiger partial charge in [-0.1, -0.05) is 17.7 Å². The minimum absolute atomic E-state index is 0.297. The summed E-state index contributed by atoms with van der Waals surface area (Å²) >= 11 is 5.89. The highest BCUT2D eigenvalue weighted by atomic mass is 35.5. The van der Waals surface area contributed by atoms with Gasteiger partial charge in [0.2, 0.25) is 0 Å². The first-order chi connectivity index (χ1) is 8.00. The van der Waals surface area contributed by atoms with Crippen LogP contribution in [0.25, 0.3) is 6.08 Å². The molecule has 1 aromatic rings. The fraction of sp³-hybridized carbons (Fsp3) is 0.0909. The molecule has 0 aliphatic heterocycles. The number of carboxylic acid groups (broad SMARTS) is 1. The quantitative estimate of drug-likeness (QED) is 0.776. The van der Waals surface area contributed by atoms with E-state index in [2.05, 4.69) is 0 Å². The number of rotatable bonds is 5. The number of nitrogens with two attached hydrogens (primary N) is 1. The van der Waals surface area contributed by atoms with Crippen LogP contribution in [0.3, 0.4) is 0 Å². The van der Waals surface area contributed by atoms with E-state index in [0.29, 0.717) is 16.3 Å². The van der Waals surface area contributed by atoms with Crippen molar-refractivity contribution in [2.75, 3.05) is 6.61 Å². The van der Waals surface area contributed by atoms with E-state index in [1.807, 2.05) is 0 Å². The van der Waals surface area contributed by atoms with Crippen LogP contribution in [0.15, 0.2) is 24.3 Å². The molecule has 0 heterocycles. The van der Waals surface area contributed by atoms with Crippen molar-refractivity contribution in [1.82, 2.24) is 0 Å². The van der Waals surface area contributed by atoms with Crippen LogP contribution < -0.4 is 10.5 Å². The lowest BCUT2D eigenvalue weighted by molar-refractivity contribution is -0.131. The molecule has 0 atom stereocenters. The highest BCUT2D eigenvalue weighted by Crippen LogP contribution is 2.27. The van der Waals surface area contributed by atoms with Crippen LogP contribution >= 0.6 is 11.6 Å². The Balaban J connectivity index is 2.99. The lowest BCUT2D eigenvalue weighted by Crippen LogP contribution is -2.20. The molecule has 1 amide bonds. The molecule has 6 heteroatoms. The Morgan fingerprint density at radius 1 is 1.47 bits per heavy atom. The van der Waals surface area contributed by atoms with Crippen molar-refractivity contribution >= 4 is 29.6 Å². The van der Waals surface area contributed by atoms with E-state index in [1.165, 1.54) is 6.08 Å². The summed E-state index contributed by atoms with van der Waals surface area (Å²) in [7, 11) is 0. The van der Waals surface area contributed by atoms with Gasteiger partial charge in [-0.25, -0.2) is 4.79 Å². The number of carbonyl (C=O) groups is 2. The van der Waals surface area contributed by atoms with Gasteiger partial charge >= 0.3 is 5.97 Å². The zero-order chi connectivity index (χ0) is 12.8. The number of halogens is 1. The standard InChI is InChI=1S/C11H10ClNO4/c12-8-2-1-3-9(17-6-10(13)14)7(8)4-5-11(15)16/h1-5H,6H2,(H2,13,14)(H,15,16)/b5-4+. The zero-order valence-electron chi connectivity index (χ0n) is 8.72. The topological polar surface area (TPSA) is 89.6 Å². The van der Waals surface area contributed by atoms with E-state index >= 15 is 0 Å². The van der Waals surface area contributed by atoms with Gasteiger partial charge in [0.05, 0.1) is 5.02 Å². The first kappa shape index (κ1) is 13.1. The Morgan fingerprint density at radius 3 is 2.76 bits per heavy atom. The van der Waals surface area contributed by atoms with Crippen LogP contribution in [0, 0.1) is 0 Å². The molecule has 5 nitrogen and oxygen atoms in total.